The van der Waals surface area contributed by atoms with Gasteiger partial charge in [0.15, 0.2) is 0 Å². The van der Waals surface area contributed by atoms with Gasteiger partial charge in [0, 0.05) is 19.6 Å². The van der Waals surface area contributed by atoms with Crippen LogP contribution in [0.3, 0.4) is 0 Å². The van der Waals surface area contributed by atoms with Gasteiger partial charge in [-0.05, 0) is 38.5 Å². The van der Waals surface area contributed by atoms with Gasteiger partial charge in [-0.25, -0.2) is 4.57 Å². The lowest BCUT2D eigenvalue weighted by Crippen LogP contribution is -2.28. The van der Waals surface area contributed by atoms with Crippen molar-refractivity contribution in [3.05, 3.63) is 24.3 Å². The highest BCUT2D eigenvalue weighted by Crippen LogP contribution is 2.43. The third-order valence-corrected chi connectivity index (χ3v) is 6.84. The van der Waals surface area contributed by atoms with Crippen molar-refractivity contribution in [2.75, 3.05) is 33.0 Å². The molecule has 0 rings (SSSR count). The summed E-state index contributed by atoms with van der Waals surface area (Å²) in [6.07, 6.45) is 25.1. The lowest BCUT2D eigenvalue weighted by molar-refractivity contribution is -0.154. The molecule has 0 aliphatic carbocycles. The molecule has 0 bridgehead atoms. The van der Waals surface area contributed by atoms with Crippen LogP contribution in [0.5, 0.6) is 0 Å². The van der Waals surface area contributed by atoms with Gasteiger partial charge in [0.2, 0.25) is 0 Å². The SMILES string of the molecule is CCC/C=C\C/C=C\CCCCCCCCOCC(COP(=O)(O)OCCN)OC(=O)CCCCCCC. The molecule has 38 heavy (non-hydrogen) atoms. The van der Waals surface area contributed by atoms with E-state index in [-0.39, 0.29) is 32.3 Å². The zero-order valence-corrected chi connectivity index (χ0v) is 25.1. The van der Waals surface area contributed by atoms with Crippen molar-refractivity contribution in [3.8, 4) is 0 Å². The molecule has 0 aromatic rings. The quantitative estimate of drug-likeness (QED) is 0.0439. The molecule has 2 unspecified atom stereocenters. The Kier molecular flexibility index (Phi) is 26.8. The van der Waals surface area contributed by atoms with E-state index in [0.29, 0.717) is 13.0 Å². The van der Waals surface area contributed by atoms with Crippen molar-refractivity contribution in [1.29, 1.82) is 0 Å². The summed E-state index contributed by atoms with van der Waals surface area (Å²) >= 11 is 0. The maximum Gasteiger partial charge on any atom is 0.472 e. The predicted octanol–water partition coefficient (Wildman–Crippen LogP) is 7.40. The minimum Gasteiger partial charge on any atom is -0.457 e. The second-order valence-corrected chi connectivity index (χ2v) is 11.1. The Morgan fingerprint density at radius 2 is 1.45 bits per heavy atom. The maximum atomic E-state index is 12.2. The van der Waals surface area contributed by atoms with Gasteiger partial charge in [0.05, 0.1) is 19.8 Å². The first kappa shape index (κ1) is 37.0. The zero-order chi connectivity index (χ0) is 28.2. The summed E-state index contributed by atoms with van der Waals surface area (Å²) in [5, 5.41) is 0. The Morgan fingerprint density at radius 1 is 0.789 bits per heavy atom. The highest BCUT2D eigenvalue weighted by atomic mass is 31.2. The zero-order valence-electron chi connectivity index (χ0n) is 24.2. The molecular formula is C29H56NO7P. The van der Waals surface area contributed by atoms with Crippen LogP contribution >= 0.6 is 7.82 Å². The molecule has 0 spiro atoms. The molecule has 0 aliphatic rings. The lowest BCUT2D eigenvalue weighted by Gasteiger charge is -2.20. The van der Waals surface area contributed by atoms with Crippen LogP contribution in [-0.4, -0.2) is 49.9 Å². The van der Waals surface area contributed by atoms with E-state index in [2.05, 4.69) is 38.2 Å². The summed E-state index contributed by atoms with van der Waals surface area (Å²) in [6.45, 7) is 4.71. The van der Waals surface area contributed by atoms with Crippen molar-refractivity contribution < 1.29 is 32.8 Å². The molecule has 2 atom stereocenters. The normalized spacial score (nSPS) is 14.3. The Labute approximate surface area is 232 Å². The fraction of sp³-hybridized carbons (Fsp3) is 0.828. The number of allylic oxidation sites excluding steroid dienone is 4. The largest absolute Gasteiger partial charge is 0.472 e. The molecule has 0 fully saturated rings. The van der Waals surface area contributed by atoms with E-state index in [1.54, 1.807) is 0 Å². The van der Waals surface area contributed by atoms with E-state index in [1.807, 2.05) is 0 Å². The van der Waals surface area contributed by atoms with Crippen LogP contribution in [0.15, 0.2) is 24.3 Å². The Morgan fingerprint density at radius 3 is 2.16 bits per heavy atom. The van der Waals surface area contributed by atoms with E-state index < -0.39 is 13.9 Å². The number of nitrogens with two attached hydrogens (primary N) is 1. The number of unbranched alkanes of at least 4 members (excludes halogenated alkanes) is 11. The van der Waals surface area contributed by atoms with Gasteiger partial charge in [-0.3, -0.25) is 13.8 Å². The van der Waals surface area contributed by atoms with Crippen LogP contribution in [0, 0.1) is 0 Å². The average Bonchev–Trinajstić information content (AvgIpc) is 2.90. The predicted molar refractivity (Wildman–Crippen MR) is 155 cm³/mol. The van der Waals surface area contributed by atoms with Gasteiger partial charge in [-0.2, -0.15) is 0 Å². The van der Waals surface area contributed by atoms with Gasteiger partial charge in [0.1, 0.15) is 6.10 Å². The summed E-state index contributed by atoms with van der Waals surface area (Å²) in [5.74, 6) is -0.350. The summed E-state index contributed by atoms with van der Waals surface area (Å²) in [7, 11) is -4.25. The van der Waals surface area contributed by atoms with Crippen LogP contribution in [-0.2, 0) is 27.9 Å². The second-order valence-electron chi connectivity index (χ2n) is 9.61. The third-order valence-electron chi connectivity index (χ3n) is 5.85. The third kappa shape index (κ3) is 26.6. The second kappa shape index (κ2) is 27.5. The molecule has 8 nitrogen and oxygen atoms in total. The Balaban J connectivity index is 4.09. The van der Waals surface area contributed by atoms with E-state index in [0.717, 1.165) is 57.8 Å². The van der Waals surface area contributed by atoms with E-state index in [4.69, 9.17) is 24.3 Å². The van der Waals surface area contributed by atoms with E-state index in [9.17, 15) is 14.3 Å². The number of phosphoric acid groups is 1. The molecule has 0 aromatic carbocycles. The van der Waals surface area contributed by atoms with E-state index >= 15 is 0 Å². The molecule has 0 saturated heterocycles. The van der Waals surface area contributed by atoms with E-state index in [1.165, 1.54) is 38.5 Å². The van der Waals surface area contributed by atoms with Crippen molar-refractivity contribution >= 4 is 13.8 Å². The molecular weight excluding hydrogens is 505 g/mol. The molecule has 0 saturated carbocycles. The molecule has 9 heteroatoms. The lowest BCUT2D eigenvalue weighted by atomic mass is 10.1. The van der Waals surface area contributed by atoms with Crippen molar-refractivity contribution in [1.82, 2.24) is 0 Å². The number of hydrogen-bond donors (Lipinski definition) is 2. The minimum atomic E-state index is -4.25. The Hall–Kier alpha value is -1.02. The van der Waals surface area contributed by atoms with Gasteiger partial charge in [0.25, 0.3) is 0 Å². The van der Waals surface area contributed by atoms with Crippen molar-refractivity contribution in [2.24, 2.45) is 5.73 Å². The standard InChI is InChI=1S/C29H56NO7P/c1-3-5-7-9-10-11-12-13-14-15-16-17-19-21-24-34-26-28(27-36-38(32,33)35-25-23-30)37-29(31)22-20-18-8-6-4-2/h7,9,11-12,28H,3-6,8,10,13-27,30H2,1-2H3,(H,32,33)/b9-7-,12-11-. The fourth-order valence-corrected chi connectivity index (χ4v) is 4.44. The van der Waals surface area contributed by atoms with Gasteiger partial charge in [-0.15, -0.1) is 0 Å². The fourth-order valence-electron chi connectivity index (χ4n) is 3.68. The average molecular weight is 562 g/mol. The highest BCUT2D eigenvalue weighted by Gasteiger charge is 2.25. The van der Waals surface area contributed by atoms with Crippen LogP contribution < -0.4 is 5.73 Å². The Bertz CT molecular complexity index is 642. The van der Waals surface area contributed by atoms with Crippen molar-refractivity contribution in [3.63, 3.8) is 0 Å². The molecule has 3 N–H and O–H groups in total. The molecule has 0 radical (unpaired) electrons. The summed E-state index contributed by atoms with van der Waals surface area (Å²) in [4.78, 5) is 22.0. The first-order valence-electron chi connectivity index (χ1n) is 14.8. The van der Waals surface area contributed by atoms with Crippen LogP contribution in [0.2, 0.25) is 0 Å². The number of ether oxygens (including phenoxy) is 2. The highest BCUT2D eigenvalue weighted by molar-refractivity contribution is 7.47. The number of rotatable bonds is 28. The summed E-state index contributed by atoms with van der Waals surface area (Å²) < 4.78 is 32.8. The molecule has 0 aliphatic heterocycles. The molecule has 0 heterocycles. The molecule has 0 aromatic heterocycles. The van der Waals surface area contributed by atoms with Gasteiger partial charge < -0.3 is 20.1 Å². The molecule has 224 valence electrons. The van der Waals surface area contributed by atoms with Crippen molar-refractivity contribution in [2.45, 2.75) is 123 Å². The minimum absolute atomic E-state index is 0.0973. The number of carbonyl (C=O) groups excluding carboxylic acids is 1. The van der Waals surface area contributed by atoms with Gasteiger partial charge in [-0.1, -0.05) is 95.9 Å². The first-order chi connectivity index (χ1) is 18.4. The number of phosphoric ester groups is 1. The molecule has 0 amide bonds. The monoisotopic (exact) mass is 561 g/mol. The van der Waals surface area contributed by atoms with Crippen LogP contribution in [0.1, 0.15) is 117 Å². The van der Waals surface area contributed by atoms with Gasteiger partial charge >= 0.3 is 13.8 Å². The first-order valence-corrected chi connectivity index (χ1v) is 16.3. The number of carbonyl (C=O) groups is 1. The number of hydrogen-bond acceptors (Lipinski definition) is 7. The topological polar surface area (TPSA) is 117 Å². The van der Waals surface area contributed by atoms with Crippen LogP contribution in [0.4, 0.5) is 0 Å². The number of esters is 1. The maximum absolute atomic E-state index is 12.2. The smallest absolute Gasteiger partial charge is 0.457 e. The summed E-state index contributed by atoms with van der Waals surface area (Å²) in [6, 6.07) is 0. The van der Waals surface area contributed by atoms with Crippen LogP contribution in [0.25, 0.3) is 0 Å². The summed E-state index contributed by atoms with van der Waals surface area (Å²) in [5.41, 5.74) is 5.30.